The zero-order valence-corrected chi connectivity index (χ0v) is 19.4. The lowest BCUT2D eigenvalue weighted by Gasteiger charge is -2.26. The third-order valence-corrected chi connectivity index (χ3v) is 7.00. The highest BCUT2D eigenvalue weighted by Crippen LogP contribution is 2.35. The summed E-state index contributed by atoms with van der Waals surface area (Å²) in [5.74, 6) is 0.199. The second kappa shape index (κ2) is 9.93. The minimum absolute atomic E-state index is 0.0459. The molecule has 0 saturated heterocycles. The van der Waals surface area contributed by atoms with Crippen LogP contribution in [0.3, 0.4) is 0 Å². The molecule has 0 aliphatic rings. The Balaban J connectivity index is 2.03. The highest BCUT2D eigenvalue weighted by molar-refractivity contribution is 7.92. The van der Waals surface area contributed by atoms with Crippen molar-refractivity contribution in [1.82, 2.24) is 0 Å². The number of benzene rings is 3. The van der Waals surface area contributed by atoms with E-state index in [2.05, 4.69) is 5.32 Å². The average molecular weight is 475 g/mol. The van der Waals surface area contributed by atoms with Crippen LogP contribution >= 0.6 is 11.6 Å². The van der Waals surface area contributed by atoms with Gasteiger partial charge >= 0.3 is 0 Å². The Morgan fingerprint density at radius 3 is 2.38 bits per heavy atom. The van der Waals surface area contributed by atoms with Gasteiger partial charge in [0.2, 0.25) is 5.91 Å². The van der Waals surface area contributed by atoms with Gasteiger partial charge in [-0.1, -0.05) is 35.9 Å². The maximum Gasteiger partial charge on any atom is 0.264 e. The standard InChI is InChI=1S/C23H23ClN2O5S/c1-16-19(24)10-7-11-20(16)25-23(27)15-26(32(28,29)18-8-5-4-6-9-18)21-13-12-17(30-2)14-22(21)31-3/h4-14H,15H2,1-3H3,(H,25,27). The van der Waals surface area contributed by atoms with E-state index in [0.717, 1.165) is 4.31 Å². The lowest BCUT2D eigenvalue weighted by molar-refractivity contribution is -0.114. The minimum Gasteiger partial charge on any atom is -0.497 e. The van der Waals surface area contributed by atoms with Crippen LogP contribution in [0.25, 0.3) is 0 Å². The van der Waals surface area contributed by atoms with Crippen LogP contribution in [0, 0.1) is 6.92 Å². The molecule has 0 unspecified atom stereocenters. The molecule has 0 aliphatic carbocycles. The van der Waals surface area contributed by atoms with Crippen LogP contribution in [-0.4, -0.2) is 35.1 Å². The SMILES string of the molecule is COc1ccc(N(CC(=O)Nc2cccc(Cl)c2C)S(=O)(=O)c2ccccc2)c(OC)c1. The Kier molecular flexibility index (Phi) is 7.27. The summed E-state index contributed by atoms with van der Waals surface area (Å²) in [6.45, 7) is 1.29. The third kappa shape index (κ3) is 4.98. The van der Waals surface area contributed by atoms with Crippen molar-refractivity contribution in [3.8, 4) is 11.5 Å². The van der Waals surface area contributed by atoms with Crippen molar-refractivity contribution in [3.63, 3.8) is 0 Å². The summed E-state index contributed by atoms with van der Waals surface area (Å²) in [5, 5.41) is 3.23. The topological polar surface area (TPSA) is 84.9 Å². The van der Waals surface area contributed by atoms with Crippen molar-refractivity contribution in [3.05, 3.63) is 77.3 Å². The van der Waals surface area contributed by atoms with Crippen LogP contribution in [0.4, 0.5) is 11.4 Å². The number of nitrogens with zero attached hydrogens (tertiary/aromatic N) is 1. The molecule has 9 heteroatoms. The number of carbonyl (C=O) groups is 1. The number of halogens is 1. The van der Waals surface area contributed by atoms with Gasteiger partial charge in [0.05, 0.1) is 24.8 Å². The van der Waals surface area contributed by atoms with Gasteiger partial charge in [0.15, 0.2) is 0 Å². The van der Waals surface area contributed by atoms with E-state index >= 15 is 0 Å². The maximum absolute atomic E-state index is 13.5. The predicted octanol–water partition coefficient (Wildman–Crippen LogP) is 4.50. The Hall–Kier alpha value is -3.23. The summed E-state index contributed by atoms with van der Waals surface area (Å²) in [6, 6.07) is 17.7. The van der Waals surface area contributed by atoms with Gasteiger partial charge in [-0.25, -0.2) is 8.42 Å². The molecular formula is C23H23ClN2O5S. The van der Waals surface area contributed by atoms with E-state index in [-0.39, 0.29) is 16.3 Å². The van der Waals surface area contributed by atoms with Gasteiger partial charge in [-0.05, 0) is 48.9 Å². The van der Waals surface area contributed by atoms with Crippen molar-refractivity contribution >= 4 is 38.9 Å². The molecule has 0 heterocycles. The number of anilines is 2. The van der Waals surface area contributed by atoms with Crippen LogP contribution < -0.4 is 19.1 Å². The summed E-state index contributed by atoms with van der Waals surface area (Å²) in [6.07, 6.45) is 0. The molecule has 1 amide bonds. The molecule has 0 aliphatic heterocycles. The van der Waals surface area contributed by atoms with Crippen molar-refractivity contribution in [1.29, 1.82) is 0 Å². The first-order valence-electron chi connectivity index (χ1n) is 9.62. The number of hydrogen-bond donors (Lipinski definition) is 1. The molecule has 0 spiro atoms. The number of methoxy groups -OCH3 is 2. The number of sulfonamides is 1. The van der Waals surface area contributed by atoms with Gasteiger partial charge in [-0.2, -0.15) is 0 Å². The van der Waals surface area contributed by atoms with Gasteiger partial charge in [-0.3, -0.25) is 9.10 Å². The first kappa shape index (κ1) is 23.4. The summed E-state index contributed by atoms with van der Waals surface area (Å²) >= 11 is 6.13. The second-order valence-electron chi connectivity index (χ2n) is 6.82. The molecule has 0 saturated carbocycles. The monoisotopic (exact) mass is 474 g/mol. The number of nitrogens with one attached hydrogen (secondary N) is 1. The molecule has 7 nitrogen and oxygen atoms in total. The third-order valence-electron chi connectivity index (χ3n) is 4.82. The molecule has 32 heavy (non-hydrogen) atoms. The van der Waals surface area contributed by atoms with E-state index in [4.69, 9.17) is 21.1 Å². The van der Waals surface area contributed by atoms with Crippen molar-refractivity contribution in [2.45, 2.75) is 11.8 Å². The van der Waals surface area contributed by atoms with Gasteiger partial charge in [0.25, 0.3) is 10.0 Å². The summed E-state index contributed by atoms with van der Waals surface area (Å²) in [7, 11) is -1.17. The van der Waals surface area contributed by atoms with Crippen LogP contribution in [0.15, 0.2) is 71.6 Å². The molecule has 0 fully saturated rings. The Morgan fingerprint density at radius 2 is 1.72 bits per heavy atom. The fourth-order valence-corrected chi connectivity index (χ4v) is 4.70. The number of carbonyl (C=O) groups excluding carboxylic acids is 1. The fourth-order valence-electron chi connectivity index (χ4n) is 3.07. The van der Waals surface area contributed by atoms with E-state index < -0.39 is 22.5 Å². The first-order chi connectivity index (χ1) is 15.3. The van der Waals surface area contributed by atoms with E-state index in [1.165, 1.54) is 32.4 Å². The molecule has 3 rings (SSSR count). The average Bonchev–Trinajstić information content (AvgIpc) is 2.80. The number of hydrogen-bond acceptors (Lipinski definition) is 5. The van der Waals surface area contributed by atoms with E-state index in [9.17, 15) is 13.2 Å². The molecule has 0 atom stereocenters. The maximum atomic E-state index is 13.5. The van der Waals surface area contributed by atoms with Gasteiger partial charge in [-0.15, -0.1) is 0 Å². The summed E-state index contributed by atoms with van der Waals surface area (Å²) < 4.78 is 38.6. The van der Waals surface area contributed by atoms with Crippen LogP contribution in [0.1, 0.15) is 5.56 Å². The summed E-state index contributed by atoms with van der Waals surface area (Å²) in [4.78, 5) is 13.0. The molecule has 3 aromatic rings. The lowest BCUT2D eigenvalue weighted by atomic mass is 10.2. The number of amides is 1. The quantitative estimate of drug-likeness (QED) is 0.519. The Labute approximate surface area is 192 Å². The van der Waals surface area contributed by atoms with Crippen LogP contribution in [0.2, 0.25) is 5.02 Å². The molecule has 3 aromatic carbocycles. The van der Waals surface area contributed by atoms with Crippen molar-refractivity contribution in [2.24, 2.45) is 0 Å². The van der Waals surface area contributed by atoms with Crippen molar-refractivity contribution < 1.29 is 22.7 Å². The first-order valence-corrected chi connectivity index (χ1v) is 11.4. The molecule has 0 radical (unpaired) electrons. The van der Waals surface area contributed by atoms with Gasteiger partial charge in [0, 0.05) is 16.8 Å². The molecule has 168 valence electrons. The van der Waals surface area contributed by atoms with E-state index in [0.29, 0.717) is 22.0 Å². The normalized spacial score (nSPS) is 11.0. The highest BCUT2D eigenvalue weighted by atomic mass is 35.5. The Bertz CT molecular complexity index is 1220. The van der Waals surface area contributed by atoms with Crippen LogP contribution in [0.5, 0.6) is 11.5 Å². The van der Waals surface area contributed by atoms with Gasteiger partial charge < -0.3 is 14.8 Å². The Morgan fingerprint density at radius 1 is 1.00 bits per heavy atom. The molecule has 1 N–H and O–H groups in total. The predicted molar refractivity (Wildman–Crippen MR) is 125 cm³/mol. The number of ether oxygens (including phenoxy) is 2. The largest absolute Gasteiger partial charge is 0.497 e. The highest BCUT2D eigenvalue weighted by Gasteiger charge is 2.29. The lowest BCUT2D eigenvalue weighted by Crippen LogP contribution is -2.38. The fraction of sp³-hybridized carbons (Fsp3) is 0.174. The molecule has 0 bridgehead atoms. The molecular weight excluding hydrogens is 452 g/mol. The summed E-state index contributed by atoms with van der Waals surface area (Å²) in [5.41, 5.74) is 1.39. The van der Waals surface area contributed by atoms with E-state index in [1.807, 2.05) is 0 Å². The second-order valence-corrected chi connectivity index (χ2v) is 9.09. The smallest absolute Gasteiger partial charge is 0.264 e. The van der Waals surface area contributed by atoms with Crippen molar-refractivity contribution in [2.75, 3.05) is 30.4 Å². The van der Waals surface area contributed by atoms with Gasteiger partial charge in [0.1, 0.15) is 18.0 Å². The van der Waals surface area contributed by atoms with Crippen LogP contribution in [-0.2, 0) is 14.8 Å². The zero-order chi connectivity index (χ0) is 23.3. The molecule has 0 aromatic heterocycles. The zero-order valence-electron chi connectivity index (χ0n) is 17.8. The minimum atomic E-state index is -4.09. The van der Waals surface area contributed by atoms with E-state index in [1.54, 1.807) is 55.5 Å². The number of rotatable bonds is 8.